The minimum Gasteiger partial charge on any atom is -0.0839 e. The van der Waals surface area contributed by atoms with Gasteiger partial charge >= 0.3 is 0 Å². The summed E-state index contributed by atoms with van der Waals surface area (Å²) in [6, 6.07) is 7.08. The summed E-state index contributed by atoms with van der Waals surface area (Å²) in [5.41, 5.74) is 4.63. The zero-order valence-electron chi connectivity index (χ0n) is 9.43. The van der Waals surface area contributed by atoms with Crippen LogP contribution in [0.3, 0.4) is 0 Å². The molecule has 1 aliphatic carbocycles. The third-order valence-corrected chi connectivity index (χ3v) is 4.22. The molecule has 0 bridgehead atoms. The average Bonchev–Trinajstić information content (AvgIpc) is 2.27. The zero-order valence-corrected chi connectivity index (χ0v) is 11.0. The van der Waals surface area contributed by atoms with Gasteiger partial charge in [-0.3, -0.25) is 0 Å². The molecule has 0 saturated heterocycles. The van der Waals surface area contributed by atoms with Crippen molar-refractivity contribution in [2.24, 2.45) is 0 Å². The van der Waals surface area contributed by atoms with Crippen molar-refractivity contribution in [3.05, 3.63) is 34.9 Å². The van der Waals surface area contributed by atoms with Gasteiger partial charge in [-0.05, 0) is 48.8 Å². The van der Waals surface area contributed by atoms with Crippen LogP contribution in [0.2, 0.25) is 0 Å². The highest BCUT2D eigenvalue weighted by molar-refractivity contribution is 9.09. The molecule has 2 rings (SSSR count). The van der Waals surface area contributed by atoms with E-state index in [9.17, 15) is 0 Å². The molecule has 15 heavy (non-hydrogen) atoms. The van der Waals surface area contributed by atoms with Crippen LogP contribution >= 0.6 is 15.9 Å². The van der Waals surface area contributed by atoms with E-state index in [4.69, 9.17) is 0 Å². The van der Waals surface area contributed by atoms with Crippen LogP contribution in [0.5, 0.6) is 0 Å². The predicted molar refractivity (Wildman–Crippen MR) is 69.7 cm³/mol. The summed E-state index contributed by atoms with van der Waals surface area (Å²) < 4.78 is 0. The van der Waals surface area contributed by atoms with Gasteiger partial charge in [0.2, 0.25) is 0 Å². The van der Waals surface area contributed by atoms with Crippen molar-refractivity contribution in [3.8, 4) is 0 Å². The number of unbranched alkanes of at least 4 members (excludes halogenated alkanes) is 1. The standard InChI is InChI=1S/C14H19Br/c1-2-3-5-11-8-9-12-6-4-7-14(15)13(12)10-11/h8-10,14H,2-7H2,1H3. The second kappa shape index (κ2) is 5.16. The lowest BCUT2D eigenvalue weighted by molar-refractivity contribution is 0.678. The fraction of sp³-hybridized carbons (Fsp3) is 0.571. The van der Waals surface area contributed by atoms with E-state index in [1.54, 1.807) is 11.1 Å². The molecule has 0 saturated carbocycles. The number of alkyl halides is 1. The molecule has 1 atom stereocenters. The number of hydrogen-bond acceptors (Lipinski definition) is 0. The van der Waals surface area contributed by atoms with Gasteiger partial charge in [0.05, 0.1) is 0 Å². The maximum Gasteiger partial charge on any atom is 0.0398 e. The Morgan fingerprint density at radius 3 is 3.07 bits per heavy atom. The molecular weight excluding hydrogens is 248 g/mol. The molecule has 1 aromatic rings. The van der Waals surface area contributed by atoms with Gasteiger partial charge in [-0.25, -0.2) is 0 Å². The molecule has 1 aromatic carbocycles. The Labute approximate surface area is 101 Å². The third kappa shape index (κ3) is 2.63. The summed E-state index contributed by atoms with van der Waals surface area (Å²) >= 11 is 3.79. The lowest BCUT2D eigenvalue weighted by Gasteiger charge is -2.21. The van der Waals surface area contributed by atoms with Gasteiger partial charge in [-0.1, -0.05) is 47.5 Å². The zero-order chi connectivity index (χ0) is 10.7. The maximum absolute atomic E-state index is 3.79. The van der Waals surface area contributed by atoms with Gasteiger partial charge in [0.15, 0.2) is 0 Å². The quantitative estimate of drug-likeness (QED) is 0.690. The first-order valence-electron chi connectivity index (χ1n) is 6.07. The lowest BCUT2D eigenvalue weighted by atomic mass is 9.89. The largest absolute Gasteiger partial charge is 0.0839 e. The Hall–Kier alpha value is -0.300. The van der Waals surface area contributed by atoms with Gasteiger partial charge in [-0.15, -0.1) is 0 Å². The average molecular weight is 267 g/mol. The number of benzene rings is 1. The summed E-state index contributed by atoms with van der Waals surface area (Å²) in [5, 5.41) is 0. The molecule has 1 unspecified atom stereocenters. The Morgan fingerprint density at radius 2 is 2.27 bits per heavy atom. The Morgan fingerprint density at radius 1 is 1.40 bits per heavy atom. The Balaban J connectivity index is 2.19. The van der Waals surface area contributed by atoms with Crippen molar-refractivity contribution in [3.63, 3.8) is 0 Å². The summed E-state index contributed by atoms with van der Waals surface area (Å²) in [4.78, 5) is 0.600. The van der Waals surface area contributed by atoms with Gasteiger partial charge in [0.1, 0.15) is 0 Å². The van der Waals surface area contributed by atoms with E-state index in [2.05, 4.69) is 41.1 Å². The number of fused-ring (bicyclic) bond motifs is 1. The molecule has 0 fully saturated rings. The highest BCUT2D eigenvalue weighted by Crippen LogP contribution is 2.36. The molecule has 0 aromatic heterocycles. The fourth-order valence-corrected chi connectivity index (χ4v) is 3.08. The monoisotopic (exact) mass is 266 g/mol. The molecule has 1 aliphatic rings. The molecule has 0 heterocycles. The molecule has 0 radical (unpaired) electrons. The predicted octanol–water partition coefficient (Wildman–Crippen LogP) is 4.80. The molecular formula is C14H19Br. The van der Waals surface area contributed by atoms with Crippen LogP contribution in [-0.2, 0) is 12.8 Å². The highest BCUT2D eigenvalue weighted by Gasteiger charge is 2.17. The van der Waals surface area contributed by atoms with Crippen molar-refractivity contribution in [1.29, 1.82) is 0 Å². The Kier molecular flexibility index (Phi) is 3.85. The molecule has 0 nitrogen and oxygen atoms in total. The van der Waals surface area contributed by atoms with Crippen molar-refractivity contribution >= 4 is 15.9 Å². The maximum atomic E-state index is 3.79. The smallest absolute Gasteiger partial charge is 0.0398 e. The number of aryl methyl sites for hydroxylation is 2. The SMILES string of the molecule is CCCCc1ccc2c(c1)C(Br)CCC2. The first-order valence-corrected chi connectivity index (χ1v) is 6.98. The van der Waals surface area contributed by atoms with Crippen LogP contribution in [0.15, 0.2) is 18.2 Å². The van der Waals surface area contributed by atoms with Crippen molar-refractivity contribution in [2.45, 2.75) is 50.3 Å². The fourth-order valence-electron chi connectivity index (χ4n) is 2.33. The summed E-state index contributed by atoms with van der Waals surface area (Å²) in [5.74, 6) is 0. The highest BCUT2D eigenvalue weighted by atomic mass is 79.9. The van der Waals surface area contributed by atoms with Crippen molar-refractivity contribution < 1.29 is 0 Å². The number of rotatable bonds is 3. The van der Waals surface area contributed by atoms with Gasteiger partial charge in [0.25, 0.3) is 0 Å². The van der Waals surface area contributed by atoms with E-state index < -0.39 is 0 Å². The molecule has 0 amide bonds. The molecule has 0 spiro atoms. The van der Waals surface area contributed by atoms with Gasteiger partial charge in [-0.2, -0.15) is 0 Å². The van der Waals surface area contributed by atoms with Crippen LogP contribution in [-0.4, -0.2) is 0 Å². The van der Waals surface area contributed by atoms with Crippen molar-refractivity contribution in [1.82, 2.24) is 0 Å². The van der Waals surface area contributed by atoms with E-state index in [0.717, 1.165) is 0 Å². The second-order valence-corrected chi connectivity index (χ2v) is 5.60. The topological polar surface area (TPSA) is 0 Å². The normalized spacial score (nSPS) is 20.0. The van der Waals surface area contributed by atoms with Crippen LogP contribution < -0.4 is 0 Å². The minimum atomic E-state index is 0.600. The summed E-state index contributed by atoms with van der Waals surface area (Å²) in [6.07, 6.45) is 7.73. The van der Waals surface area contributed by atoms with Crippen LogP contribution in [0, 0.1) is 0 Å². The summed E-state index contributed by atoms with van der Waals surface area (Å²) in [7, 11) is 0. The first-order chi connectivity index (χ1) is 7.31. The molecule has 0 N–H and O–H groups in total. The number of hydrogen-bond donors (Lipinski definition) is 0. The van der Waals surface area contributed by atoms with E-state index >= 15 is 0 Å². The minimum absolute atomic E-state index is 0.600. The van der Waals surface area contributed by atoms with Gasteiger partial charge < -0.3 is 0 Å². The van der Waals surface area contributed by atoms with Crippen molar-refractivity contribution in [2.75, 3.05) is 0 Å². The first kappa shape index (κ1) is 11.2. The second-order valence-electron chi connectivity index (χ2n) is 4.50. The summed E-state index contributed by atoms with van der Waals surface area (Å²) in [6.45, 7) is 2.26. The van der Waals surface area contributed by atoms with Crippen LogP contribution in [0.4, 0.5) is 0 Å². The van der Waals surface area contributed by atoms with Crippen LogP contribution in [0.1, 0.15) is 54.1 Å². The number of halogens is 1. The van der Waals surface area contributed by atoms with E-state index in [0.29, 0.717) is 4.83 Å². The van der Waals surface area contributed by atoms with E-state index in [1.165, 1.54) is 44.1 Å². The third-order valence-electron chi connectivity index (χ3n) is 3.27. The molecule has 82 valence electrons. The molecule has 0 aliphatic heterocycles. The lowest BCUT2D eigenvalue weighted by Crippen LogP contribution is -2.05. The Bertz CT molecular complexity index is 330. The van der Waals surface area contributed by atoms with E-state index in [-0.39, 0.29) is 0 Å². The molecule has 1 heteroatoms. The van der Waals surface area contributed by atoms with E-state index in [1.807, 2.05) is 0 Å². The van der Waals surface area contributed by atoms with Gasteiger partial charge in [0, 0.05) is 4.83 Å². The van der Waals surface area contributed by atoms with Crippen LogP contribution in [0.25, 0.3) is 0 Å².